The van der Waals surface area contributed by atoms with E-state index in [-0.39, 0.29) is 17.6 Å². The Hall–Kier alpha value is -1.95. The van der Waals surface area contributed by atoms with Crippen LogP contribution in [0.3, 0.4) is 0 Å². The third-order valence-corrected chi connectivity index (χ3v) is 4.10. The number of amides is 2. The SMILES string of the molecule is CCCC/C(C)=N\N=C1\SCC(=O)N1C(=O)c1ccccc1. The van der Waals surface area contributed by atoms with Crippen LogP contribution in [0.5, 0.6) is 0 Å². The van der Waals surface area contributed by atoms with Gasteiger partial charge in [0, 0.05) is 11.3 Å². The molecule has 1 aliphatic heterocycles. The Balaban J connectivity index is 2.18. The highest BCUT2D eigenvalue weighted by molar-refractivity contribution is 8.15. The molecular weight excluding hydrogens is 298 g/mol. The number of benzene rings is 1. The van der Waals surface area contributed by atoms with Crippen molar-refractivity contribution in [2.75, 3.05) is 5.75 Å². The van der Waals surface area contributed by atoms with E-state index in [2.05, 4.69) is 17.1 Å². The minimum atomic E-state index is -0.351. The van der Waals surface area contributed by atoms with Gasteiger partial charge in [0.2, 0.25) is 5.91 Å². The number of nitrogens with zero attached hydrogens (tertiary/aromatic N) is 3. The van der Waals surface area contributed by atoms with Gasteiger partial charge < -0.3 is 0 Å². The summed E-state index contributed by atoms with van der Waals surface area (Å²) < 4.78 is 0. The predicted octanol–water partition coefficient (Wildman–Crippen LogP) is 3.32. The van der Waals surface area contributed by atoms with Crippen molar-refractivity contribution in [3.63, 3.8) is 0 Å². The molecule has 1 aromatic carbocycles. The fourth-order valence-corrected chi connectivity index (χ4v) is 2.75. The van der Waals surface area contributed by atoms with Crippen LogP contribution in [0, 0.1) is 0 Å². The molecule has 1 aromatic rings. The van der Waals surface area contributed by atoms with Crippen molar-refractivity contribution < 1.29 is 9.59 Å². The summed E-state index contributed by atoms with van der Waals surface area (Å²) in [6, 6.07) is 8.74. The average Bonchev–Trinajstić information content (AvgIpc) is 2.91. The molecule has 0 saturated carbocycles. The zero-order valence-electron chi connectivity index (χ0n) is 12.8. The van der Waals surface area contributed by atoms with Crippen molar-refractivity contribution in [1.82, 2.24) is 4.90 Å². The van der Waals surface area contributed by atoms with Gasteiger partial charge in [-0.1, -0.05) is 43.3 Å². The van der Waals surface area contributed by atoms with E-state index < -0.39 is 0 Å². The smallest absolute Gasteiger partial charge is 0.266 e. The molecule has 6 heteroatoms. The molecule has 1 aliphatic rings. The molecule has 0 aliphatic carbocycles. The van der Waals surface area contributed by atoms with Gasteiger partial charge in [0.05, 0.1) is 5.75 Å². The zero-order valence-corrected chi connectivity index (χ0v) is 13.6. The topological polar surface area (TPSA) is 62.1 Å². The maximum absolute atomic E-state index is 12.4. The molecule has 2 amide bonds. The molecule has 0 unspecified atom stereocenters. The van der Waals surface area contributed by atoms with Crippen molar-refractivity contribution in [3.05, 3.63) is 35.9 Å². The predicted molar refractivity (Wildman–Crippen MR) is 90.1 cm³/mol. The van der Waals surface area contributed by atoms with Crippen LogP contribution in [-0.2, 0) is 4.79 Å². The van der Waals surface area contributed by atoms with Crippen molar-refractivity contribution >= 4 is 34.5 Å². The Bertz CT molecular complexity index is 611. The average molecular weight is 317 g/mol. The van der Waals surface area contributed by atoms with Gasteiger partial charge >= 0.3 is 0 Å². The summed E-state index contributed by atoms with van der Waals surface area (Å²) in [6.45, 7) is 4.02. The fraction of sp³-hybridized carbons (Fsp3) is 0.375. The normalized spacial score (nSPS) is 17.4. The number of thioether (sulfide) groups is 1. The first kappa shape index (κ1) is 16.4. The fourth-order valence-electron chi connectivity index (χ4n) is 1.96. The molecule has 116 valence electrons. The molecule has 1 heterocycles. The molecule has 5 nitrogen and oxygen atoms in total. The first-order valence-corrected chi connectivity index (χ1v) is 8.28. The number of unbranched alkanes of at least 4 members (excludes halogenated alkanes) is 1. The second-order valence-electron chi connectivity index (χ2n) is 5.01. The Morgan fingerprint density at radius 3 is 2.73 bits per heavy atom. The van der Waals surface area contributed by atoms with E-state index in [4.69, 9.17) is 0 Å². The third-order valence-electron chi connectivity index (χ3n) is 3.19. The maximum atomic E-state index is 12.4. The molecule has 0 spiro atoms. The van der Waals surface area contributed by atoms with Crippen LogP contribution >= 0.6 is 11.8 Å². The van der Waals surface area contributed by atoms with Crippen LogP contribution in [0.25, 0.3) is 0 Å². The molecule has 1 saturated heterocycles. The van der Waals surface area contributed by atoms with Gasteiger partial charge in [0.15, 0.2) is 5.17 Å². The largest absolute Gasteiger partial charge is 0.273 e. The number of rotatable bonds is 5. The number of hydrogen-bond acceptors (Lipinski definition) is 5. The molecule has 0 N–H and O–H groups in total. The van der Waals surface area contributed by atoms with Gasteiger partial charge in [-0.25, -0.2) is 4.90 Å². The summed E-state index contributed by atoms with van der Waals surface area (Å²) in [6.07, 6.45) is 3.02. The molecular formula is C16H19N3O2S. The molecule has 1 fully saturated rings. The lowest BCUT2D eigenvalue weighted by atomic mass is 10.2. The maximum Gasteiger partial charge on any atom is 0.266 e. The second kappa shape index (κ2) is 7.89. The lowest BCUT2D eigenvalue weighted by molar-refractivity contribution is -0.122. The van der Waals surface area contributed by atoms with E-state index >= 15 is 0 Å². The number of amidine groups is 1. The van der Waals surface area contributed by atoms with Crippen molar-refractivity contribution in [1.29, 1.82) is 0 Å². The Morgan fingerprint density at radius 1 is 1.32 bits per heavy atom. The van der Waals surface area contributed by atoms with Gasteiger partial charge in [-0.05, 0) is 31.9 Å². The summed E-state index contributed by atoms with van der Waals surface area (Å²) in [5, 5.41) is 8.60. The molecule has 2 rings (SSSR count). The van der Waals surface area contributed by atoms with Crippen molar-refractivity contribution in [3.8, 4) is 0 Å². The van der Waals surface area contributed by atoms with Gasteiger partial charge in [-0.2, -0.15) is 5.10 Å². The standard InChI is InChI=1S/C16H19N3O2S/c1-3-4-8-12(2)17-18-16-19(14(20)11-22-16)15(21)13-9-6-5-7-10-13/h5-7,9-10H,3-4,8,11H2,1-2H3/b17-12-,18-16+. The van der Waals surface area contributed by atoms with Gasteiger partial charge in [-0.3, -0.25) is 9.59 Å². The second-order valence-corrected chi connectivity index (χ2v) is 5.95. The number of imide groups is 1. The highest BCUT2D eigenvalue weighted by atomic mass is 32.2. The monoisotopic (exact) mass is 317 g/mol. The first-order valence-electron chi connectivity index (χ1n) is 7.29. The Labute approximate surface area is 134 Å². The zero-order chi connectivity index (χ0) is 15.9. The van der Waals surface area contributed by atoms with Crippen LogP contribution in [0.15, 0.2) is 40.5 Å². The van der Waals surface area contributed by atoms with E-state index in [0.717, 1.165) is 29.9 Å². The third kappa shape index (κ3) is 4.04. The van der Waals surface area contributed by atoms with Crippen LogP contribution in [0.1, 0.15) is 43.5 Å². The van der Waals surface area contributed by atoms with Gasteiger partial charge in [0.25, 0.3) is 5.91 Å². The minimum Gasteiger partial charge on any atom is -0.273 e. The van der Waals surface area contributed by atoms with E-state index in [9.17, 15) is 9.59 Å². The molecule has 0 bridgehead atoms. The van der Waals surface area contributed by atoms with Crippen LogP contribution in [0.2, 0.25) is 0 Å². The highest BCUT2D eigenvalue weighted by Gasteiger charge is 2.34. The lowest BCUT2D eigenvalue weighted by Gasteiger charge is -2.13. The number of hydrogen-bond donors (Lipinski definition) is 0. The van der Waals surface area contributed by atoms with Gasteiger partial charge in [-0.15, -0.1) is 5.10 Å². The van der Waals surface area contributed by atoms with E-state index in [1.165, 1.54) is 11.8 Å². The van der Waals surface area contributed by atoms with Crippen molar-refractivity contribution in [2.45, 2.75) is 33.1 Å². The van der Waals surface area contributed by atoms with Crippen molar-refractivity contribution in [2.24, 2.45) is 10.2 Å². The highest BCUT2D eigenvalue weighted by Crippen LogP contribution is 2.22. The molecule has 22 heavy (non-hydrogen) atoms. The summed E-state index contributed by atoms with van der Waals surface area (Å²) in [4.78, 5) is 25.5. The van der Waals surface area contributed by atoms with Crippen LogP contribution < -0.4 is 0 Å². The van der Waals surface area contributed by atoms with Crippen LogP contribution in [0.4, 0.5) is 0 Å². The molecule has 0 aromatic heterocycles. The lowest BCUT2D eigenvalue weighted by Crippen LogP contribution is -2.35. The van der Waals surface area contributed by atoms with E-state index in [1.54, 1.807) is 24.3 Å². The summed E-state index contributed by atoms with van der Waals surface area (Å²) in [7, 11) is 0. The molecule has 0 atom stereocenters. The molecule has 0 radical (unpaired) electrons. The Kier molecular flexibility index (Phi) is 5.89. The van der Waals surface area contributed by atoms with Crippen LogP contribution in [-0.4, -0.2) is 33.3 Å². The summed E-state index contributed by atoms with van der Waals surface area (Å²) >= 11 is 1.25. The Morgan fingerprint density at radius 2 is 2.05 bits per heavy atom. The van der Waals surface area contributed by atoms with E-state index in [0.29, 0.717) is 10.7 Å². The van der Waals surface area contributed by atoms with Gasteiger partial charge in [0.1, 0.15) is 0 Å². The quantitative estimate of drug-likeness (QED) is 0.475. The summed E-state index contributed by atoms with van der Waals surface area (Å²) in [5.74, 6) is -0.379. The number of carbonyl (C=O) groups excluding carboxylic acids is 2. The van der Waals surface area contributed by atoms with E-state index in [1.807, 2.05) is 13.0 Å². The first-order chi connectivity index (χ1) is 10.6. The number of carbonyl (C=O) groups is 2. The summed E-state index contributed by atoms with van der Waals surface area (Å²) in [5.41, 5.74) is 1.37. The minimum absolute atomic E-state index is 0.223.